The van der Waals surface area contributed by atoms with Crippen LogP contribution < -0.4 is 15.8 Å². The SMILES string of the molecule is CC(C)(C)OC(=O)N(CC(=O)Nc1cc(N2CC3(COC3)C2)cnc1C(=O)N1CCC(CN2CCN(CC(=O)N3CCN(C(=O)c4cc(Cc5n[nH]c(=O)c6ccccc56)ccc4F)CC3)CC2)CC1)Cc1ccncn1. The first kappa shape index (κ1) is 53.0. The average Bonchev–Trinajstić information content (AvgIpc) is 3.39. The zero-order chi connectivity index (χ0) is 53.8. The number of piperidine rings is 1. The van der Waals surface area contributed by atoms with Crippen LogP contribution in [0, 0.1) is 17.2 Å². The fourth-order valence-corrected chi connectivity index (χ4v) is 10.8. The number of benzene rings is 2. The predicted octanol–water partition coefficient (Wildman–Crippen LogP) is 3.50. The lowest BCUT2D eigenvalue weighted by atomic mass is 9.78. The Morgan fingerprint density at radius 2 is 1.55 bits per heavy atom. The number of piperazine rings is 2. The molecule has 5 aromatic rings. The minimum Gasteiger partial charge on any atom is -0.444 e. The van der Waals surface area contributed by atoms with Gasteiger partial charge in [0.15, 0.2) is 5.69 Å². The van der Waals surface area contributed by atoms with Gasteiger partial charge in [0, 0.05) is 103 Å². The van der Waals surface area contributed by atoms with Crippen LogP contribution in [0.3, 0.4) is 0 Å². The molecule has 8 heterocycles. The molecular formula is C55H66FN13O8. The van der Waals surface area contributed by atoms with E-state index in [2.05, 4.69) is 45.2 Å². The Kier molecular flexibility index (Phi) is 15.6. The van der Waals surface area contributed by atoms with E-state index < -0.39 is 29.3 Å². The first-order valence-corrected chi connectivity index (χ1v) is 26.5. The maximum Gasteiger partial charge on any atom is 0.411 e. The molecule has 5 aliphatic rings. The number of carbonyl (C=O) groups excluding carboxylic acids is 5. The van der Waals surface area contributed by atoms with Crippen molar-refractivity contribution in [1.82, 2.24) is 54.5 Å². The smallest absolute Gasteiger partial charge is 0.411 e. The molecule has 2 N–H and O–H groups in total. The molecule has 0 unspecified atom stereocenters. The third kappa shape index (κ3) is 12.6. The van der Waals surface area contributed by atoms with Gasteiger partial charge in [-0.25, -0.2) is 29.2 Å². The van der Waals surface area contributed by atoms with Crippen molar-refractivity contribution in [3.63, 3.8) is 0 Å². The highest BCUT2D eigenvalue weighted by atomic mass is 19.1. The summed E-state index contributed by atoms with van der Waals surface area (Å²) in [7, 11) is 0. The number of aromatic nitrogens is 5. The molecule has 2 aromatic carbocycles. The van der Waals surface area contributed by atoms with Gasteiger partial charge in [-0.05, 0) is 75.4 Å². The Morgan fingerprint density at radius 3 is 2.23 bits per heavy atom. The molecule has 5 fully saturated rings. The van der Waals surface area contributed by atoms with Crippen LogP contribution in [0.5, 0.6) is 0 Å². The van der Waals surface area contributed by atoms with E-state index in [-0.39, 0.29) is 72.5 Å². The zero-order valence-corrected chi connectivity index (χ0v) is 43.9. The number of nitrogens with zero attached hydrogens (tertiary/aromatic N) is 11. The highest BCUT2D eigenvalue weighted by Gasteiger charge is 2.49. The van der Waals surface area contributed by atoms with Crippen LogP contribution in [0.4, 0.5) is 20.6 Å². The number of likely N-dealkylation sites (tertiary alicyclic amines) is 1. The molecule has 0 atom stereocenters. The number of fused-ring (bicyclic) bond motifs is 1. The number of carbonyl (C=O) groups is 5. The Morgan fingerprint density at radius 1 is 0.844 bits per heavy atom. The van der Waals surface area contributed by atoms with Gasteiger partial charge in [0.05, 0.1) is 71.6 Å². The molecular weight excluding hydrogens is 990 g/mol. The summed E-state index contributed by atoms with van der Waals surface area (Å²) in [6.45, 7) is 14.5. The van der Waals surface area contributed by atoms with E-state index in [1.165, 1.54) is 17.3 Å². The number of amides is 5. The summed E-state index contributed by atoms with van der Waals surface area (Å²) in [6.07, 6.45) is 5.83. The molecule has 0 saturated carbocycles. The number of hydrogen-bond donors (Lipinski definition) is 2. The van der Waals surface area contributed by atoms with E-state index in [4.69, 9.17) is 9.47 Å². The Hall–Kier alpha value is -7.43. The molecule has 22 heteroatoms. The van der Waals surface area contributed by atoms with Crippen molar-refractivity contribution in [2.24, 2.45) is 11.3 Å². The van der Waals surface area contributed by atoms with Gasteiger partial charge in [-0.1, -0.05) is 24.3 Å². The molecule has 0 aliphatic carbocycles. The van der Waals surface area contributed by atoms with Gasteiger partial charge in [0.1, 0.15) is 24.3 Å². The van der Waals surface area contributed by atoms with Crippen molar-refractivity contribution in [3.8, 4) is 0 Å². The third-order valence-corrected chi connectivity index (χ3v) is 15.1. The van der Waals surface area contributed by atoms with Gasteiger partial charge in [-0.3, -0.25) is 33.8 Å². The number of hydrogen-bond acceptors (Lipinski definition) is 15. The van der Waals surface area contributed by atoms with Crippen molar-refractivity contribution >= 4 is 51.9 Å². The van der Waals surface area contributed by atoms with Crippen LogP contribution in [0.2, 0.25) is 0 Å². The van der Waals surface area contributed by atoms with Gasteiger partial charge >= 0.3 is 6.09 Å². The second-order valence-electron chi connectivity index (χ2n) is 22.0. The van der Waals surface area contributed by atoms with Gasteiger partial charge in [0.2, 0.25) is 11.8 Å². The first-order valence-electron chi connectivity index (χ1n) is 26.5. The number of H-pyrrole nitrogens is 1. The molecule has 21 nitrogen and oxygen atoms in total. The van der Waals surface area contributed by atoms with Crippen LogP contribution in [-0.2, 0) is 32.0 Å². The summed E-state index contributed by atoms with van der Waals surface area (Å²) in [6, 6.07) is 15.0. The topological polar surface area (TPSA) is 223 Å². The molecule has 1 spiro atoms. The van der Waals surface area contributed by atoms with Crippen molar-refractivity contribution in [2.45, 2.75) is 52.2 Å². The van der Waals surface area contributed by atoms with Crippen molar-refractivity contribution in [1.29, 1.82) is 0 Å². The fourth-order valence-electron chi connectivity index (χ4n) is 10.8. The number of pyridine rings is 1. The monoisotopic (exact) mass is 1060 g/mol. The van der Waals surface area contributed by atoms with Crippen molar-refractivity contribution < 1.29 is 37.8 Å². The van der Waals surface area contributed by atoms with E-state index in [0.29, 0.717) is 79.5 Å². The Balaban J connectivity index is 0.684. The van der Waals surface area contributed by atoms with E-state index in [1.807, 2.05) is 12.1 Å². The van der Waals surface area contributed by atoms with Crippen LogP contribution in [0.25, 0.3) is 10.8 Å². The van der Waals surface area contributed by atoms with Gasteiger partial charge in [-0.2, -0.15) is 5.10 Å². The lowest BCUT2D eigenvalue weighted by Gasteiger charge is -2.55. The van der Waals surface area contributed by atoms with Gasteiger partial charge in [-0.15, -0.1) is 0 Å². The summed E-state index contributed by atoms with van der Waals surface area (Å²) in [4.78, 5) is 107. The molecule has 406 valence electrons. The number of nitrogens with one attached hydrogen (secondary N) is 2. The van der Waals surface area contributed by atoms with E-state index in [9.17, 15) is 28.8 Å². The molecule has 3 aromatic heterocycles. The van der Waals surface area contributed by atoms with Crippen molar-refractivity contribution in [2.75, 3.05) is 122 Å². The highest BCUT2D eigenvalue weighted by Crippen LogP contribution is 2.41. The quantitative estimate of drug-likeness (QED) is 0.163. The van der Waals surface area contributed by atoms with Crippen molar-refractivity contribution in [3.05, 3.63) is 118 Å². The van der Waals surface area contributed by atoms with Crippen LogP contribution in [0.1, 0.15) is 71.4 Å². The standard InChI is InChI=1S/C55H66FN13O8/c1-54(2,3)77-53(75)68(29-39-10-13-57-36-59-39)30-47(70)60-46-26-40(69-32-55(33-69)34-76-35-55)27-58-49(46)52(74)66-14-11-37(12-15-66)28-63-16-18-64(19-17-63)31-48(71)65-20-22-67(23-21-65)51(73)43-24-38(8-9-44(43)56)25-45-41-6-4-5-7-42(41)50(72)62-61-45/h4-10,13,24,26-27,36-37H,11-12,14-23,25,28-35H2,1-3H3,(H,60,70)(H,62,72). The van der Waals surface area contributed by atoms with E-state index in [0.717, 1.165) is 64.3 Å². The average molecular weight is 1060 g/mol. The van der Waals surface area contributed by atoms with Crippen LogP contribution >= 0.6 is 0 Å². The van der Waals surface area contributed by atoms with Gasteiger partial charge in [0.25, 0.3) is 17.4 Å². The Labute approximate surface area is 445 Å². The van der Waals surface area contributed by atoms with Crippen LogP contribution in [0.15, 0.2) is 78.1 Å². The first-order chi connectivity index (χ1) is 37.0. The third-order valence-electron chi connectivity index (χ3n) is 15.1. The molecule has 5 saturated heterocycles. The molecule has 77 heavy (non-hydrogen) atoms. The lowest BCUT2D eigenvalue weighted by Crippen LogP contribution is -2.66. The van der Waals surface area contributed by atoms with Gasteiger partial charge < -0.3 is 39.3 Å². The second kappa shape index (κ2) is 22.6. The number of anilines is 2. The summed E-state index contributed by atoms with van der Waals surface area (Å²) in [5, 5.41) is 10.9. The van der Waals surface area contributed by atoms with E-state index >= 15 is 4.39 Å². The second-order valence-corrected chi connectivity index (χ2v) is 22.0. The fraction of sp³-hybridized carbons (Fsp3) is 0.491. The summed E-state index contributed by atoms with van der Waals surface area (Å²) in [5.74, 6) is -1.48. The molecule has 0 bridgehead atoms. The maximum absolute atomic E-state index is 15.1. The molecule has 5 aliphatic heterocycles. The number of halogens is 1. The minimum absolute atomic E-state index is 0.00212. The summed E-state index contributed by atoms with van der Waals surface area (Å²) < 4.78 is 26.3. The van der Waals surface area contributed by atoms with E-state index in [1.54, 1.807) is 84.3 Å². The normalized spacial score (nSPS) is 18.2. The molecule has 10 rings (SSSR count). The Bertz CT molecular complexity index is 3050. The summed E-state index contributed by atoms with van der Waals surface area (Å²) in [5.41, 5.74) is 1.99. The maximum atomic E-state index is 15.1. The summed E-state index contributed by atoms with van der Waals surface area (Å²) >= 11 is 0. The lowest BCUT2D eigenvalue weighted by molar-refractivity contribution is -0.134. The zero-order valence-electron chi connectivity index (χ0n) is 43.9. The highest BCUT2D eigenvalue weighted by molar-refractivity contribution is 6.04. The number of rotatable bonds is 14. The predicted molar refractivity (Wildman–Crippen MR) is 283 cm³/mol. The van der Waals surface area contributed by atoms with Crippen LogP contribution in [-0.4, -0.2) is 201 Å². The largest absolute Gasteiger partial charge is 0.444 e. The number of ether oxygens (including phenoxy) is 2. The molecule has 0 radical (unpaired) electrons. The molecule has 5 amide bonds. The minimum atomic E-state index is -0.806. The number of aromatic amines is 1.